The number of carbonyl (C=O) groups excluding carboxylic acids is 1. The highest BCUT2D eigenvalue weighted by atomic mass is 35.5. The van der Waals surface area contributed by atoms with Gasteiger partial charge in [-0.15, -0.1) is 10.2 Å². The molecule has 0 aliphatic rings. The zero-order valence-corrected chi connectivity index (χ0v) is 16.9. The molecule has 0 unspecified atom stereocenters. The van der Waals surface area contributed by atoms with Crippen LogP contribution in [0.3, 0.4) is 0 Å². The van der Waals surface area contributed by atoms with Crippen LogP contribution in [0, 0.1) is 0 Å². The molecule has 2 heterocycles. The molecule has 2 aromatic carbocycles. The van der Waals surface area contributed by atoms with Gasteiger partial charge in [0.05, 0.1) is 18.6 Å². The summed E-state index contributed by atoms with van der Waals surface area (Å²) < 4.78 is 7.46. The van der Waals surface area contributed by atoms with Crippen LogP contribution in [0.1, 0.15) is 5.56 Å². The van der Waals surface area contributed by atoms with E-state index in [1.807, 2.05) is 47.0 Å². The summed E-state index contributed by atoms with van der Waals surface area (Å²) >= 11 is 7.20. The zero-order chi connectivity index (χ0) is 20.1. The van der Waals surface area contributed by atoms with Gasteiger partial charge in [-0.3, -0.25) is 9.36 Å². The van der Waals surface area contributed by atoms with E-state index in [9.17, 15) is 4.79 Å². The molecule has 6 nitrogen and oxygen atoms in total. The third-order valence-corrected chi connectivity index (χ3v) is 5.32. The van der Waals surface area contributed by atoms with Crippen molar-refractivity contribution >= 4 is 35.0 Å². The van der Waals surface area contributed by atoms with Crippen LogP contribution in [0.2, 0.25) is 5.02 Å². The molecule has 1 N–H and O–H groups in total. The molecule has 0 spiro atoms. The van der Waals surface area contributed by atoms with Crippen molar-refractivity contribution in [3.8, 4) is 11.6 Å². The number of anilines is 1. The lowest BCUT2D eigenvalue weighted by Crippen LogP contribution is -2.14. The fourth-order valence-electron chi connectivity index (χ4n) is 2.75. The summed E-state index contributed by atoms with van der Waals surface area (Å²) in [5, 5.41) is 12.7. The predicted octanol–water partition coefficient (Wildman–Crippen LogP) is 4.97. The lowest BCUT2D eigenvalue weighted by atomic mass is 10.2. The number of nitrogens with one attached hydrogen (secondary N) is 1. The van der Waals surface area contributed by atoms with Crippen LogP contribution >= 0.6 is 23.4 Å². The second kappa shape index (κ2) is 8.98. The number of thioether (sulfide) groups is 1. The van der Waals surface area contributed by atoms with Crippen LogP contribution in [0.5, 0.6) is 0 Å². The number of rotatable bonds is 7. The highest BCUT2D eigenvalue weighted by Crippen LogP contribution is 2.25. The van der Waals surface area contributed by atoms with Gasteiger partial charge in [0.25, 0.3) is 0 Å². The van der Waals surface area contributed by atoms with Crippen molar-refractivity contribution in [2.24, 2.45) is 0 Å². The van der Waals surface area contributed by atoms with Gasteiger partial charge < -0.3 is 9.73 Å². The van der Waals surface area contributed by atoms with Crippen molar-refractivity contribution in [1.82, 2.24) is 14.8 Å². The Morgan fingerprint density at radius 3 is 2.55 bits per heavy atom. The summed E-state index contributed by atoms with van der Waals surface area (Å²) in [6.45, 7) is 0.574. The minimum Gasteiger partial charge on any atom is -0.461 e. The van der Waals surface area contributed by atoms with Gasteiger partial charge in [-0.2, -0.15) is 0 Å². The normalized spacial score (nSPS) is 10.8. The number of carbonyl (C=O) groups is 1. The van der Waals surface area contributed by atoms with Gasteiger partial charge in [0.2, 0.25) is 11.7 Å². The van der Waals surface area contributed by atoms with Gasteiger partial charge >= 0.3 is 0 Å². The second-order valence-electron chi connectivity index (χ2n) is 6.20. The second-order valence-corrected chi connectivity index (χ2v) is 7.58. The highest BCUT2D eigenvalue weighted by molar-refractivity contribution is 7.99. The number of aromatic nitrogens is 3. The third-order valence-electron chi connectivity index (χ3n) is 4.10. The van der Waals surface area contributed by atoms with Crippen molar-refractivity contribution in [3.05, 3.63) is 83.6 Å². The first-order chi connectivity index (χ1) is 14.2. The molecule has 0 radical (unpaired) electrons. The zero-order valence-electron chi connectivity index (χ0n) is 15.3. The molecule has 29 heavy (non-hydrogen) atoms. The first-order valence-electron chi connectivity index (χ1n) is 8.88. The summed E-state index contributed by atoms with van der Waals surface area (Å²) in [7, 11) is 0. The molecular formula is C21H17ClN4O2S. The van der Waals surface area contributed by atoms with Crippen molar-refractivity contribution in [3.63, 3.8) is 0 Å². The van der Waals surface area contributed by atoms with Crippen molar-refractivity contribution in [1.29, 1.82) is 0 Å². The average Bonchev–Trinajstić information content (AvgIpc) is 3.39. The van der Waals surface area contributed by atoms with Crippen molar-refractivity contribution < 1.29 is 9.21 Å². The molecule has 0 saturated heterocycles. The van der Waals surface area contributed by atoms with E-state index in [0.29, 0.717) is 34.0 Å². The van der Waals surface area contributed by atoms with E-state index >= 15 is 0 Å². The van der Waals surface area contributed by atoms with Gasteiger partial charge in [0.1, 0.15) is 0 Å². The fraction of sp³-hybridized carbons (Fsp3) is 0.0952. The lowest BCUT2D eigenvalue weighted by molar-refractivity contribution is -0.113. The smallest absolute Gasteiger partial charge is 0.234 e. The monoisotopic (exact) mass is 424 g/mol. The predicted molar refractivity (Wildman–Crippen MR) is 114 cm³/mol. The molecule has 1 amide bonds. The molecule has 0 atom stereocenters. The summed E-state index contributed by atoms with van der Waals surface area (Å²) in [6.07, 6.45) is 1.60. The number of hydrogen-bond acceptors (Lipinski definition) is 5. The number of nitrogens with zero attached hydrogens (tertiary/aromatic N) is 3. The number of halogens is 1. The topological polar surface area (TPSA) is 73.0 Å². The number of amides is 1. The Balaban J connectivity index is 1.50. The van der Waals surface area contributed by atoms with Crippen LogP contribution in [0.15, 0.2) is 82.6 Å². The molecule has 0 saturated carbocycles. The van der Waals surface area contributed by atoms with Crippen LogP contribution in [0.25, 0.3) is 11.6 Å². The Morgan fingerprint density at radius 1 is 1.03 bits per heavy atom. The third kappa shape index (κ3) is 4.88. The Bertz CT molecular complexity index is 1080. The number of furan rings is 1. The fourth-order valence-corrected chi connectivity index (χ4v) is 3.62. The van der Waals surface area contributed by atoms with Crippen LogP contribution < -0.4 is 5.32 Å². The summed E-state index contributed by atoms with van der Waals surface area (Å²) in [5.74, 6) is 1.32. The van der Waals surface area contributed by atoms with Gasteiger partial charge in [0.15, 0.2) is 10.9 Å². The average molecular weight is 425 g/mol. The van der Waals surface area contributed by atoms with Crippen LogP contribution in [0.4, 0.5) is 5.69 Å². The molecular weight excluding hydrogens is 408 g/mol. The Kier molecular flexibility index (Phi) is 5.97. The first-order valence-corrected chi connectivity index (χ1v) is 10.2. The molecule has 0 aliphatic heterocycles. The minimum absolute atomic E-state index is 0.133. The molecule has 0 bridgehead atoms. The molecule has 0 fully saturated rings. The lowest BCUT2D eigenvalue weighted by Gasteiger charge is -2.09. The van der Waals surface area contributed by atoms with Gasteiger partial charge in [-0.1, -0.05) is 53.7 Å². The first kappa shape index (κ1) is 19.3. The quantitative estimate of drug-likeness (QED) is 0.424. The summed E-state index contributed by atoms with van der Waals surface area (Å²) in [4.78, 5) is 12.3. The number of benzene rings is 2. The number of hydrogen-bond donors (Lipinski definition) is 1. The van der Waals surface area contributed by atoms with E-state index in [4.69, 9.17) is 16.0 Å². The van der Waals surface area contributed by atoms with Crippen LogP contribution in [-0.2, 0) is 11.3 Å². The summed E-state index contributed by atoms with van der Waals surface area (Å²) in [5.41, 5.74) is 1.80. The maximum atomic E-state index is 12.3. The molecule has 8 heteroatoms. The van der Waals surface area contributed by atoms with E-state index in [1.54, 1.807) is 30.5 Å². The van der Waals surface area contributed by atoms with E-state index in [-0.39, 0.29) is 11.7 Å². The Morgan fingerprint density at radius 2 is 1.83 bits per heavy atom. The van der Waals surface area contributed by atoms with E-state index < -0.39 is 0 Å². The molecule has 0 aliphatic carbocycles. The minimum atomic E-state index is -0.133. The molecule has 2 aromatic heterocycles. The Hall–Kier alpha value is -3.03. The maximum absolute atomic E-state index is 12.3. The van der Waals surface area contributed by atoms with E-state index in [0.717, 1.165) is 5.56 Å². The van der Waals surface area contributed by atoms with Crippen molar-refractivity contribution in [2.75, 3.05) is 11.1 Å². The largest absolute Gasteiger partial charge is 0.461 e. The molecule has 146 valence electrons. The molecule has 4 aromatic rings. The summed E-state index contributed by atoms with van der Waals surface area (Å²) in [6, 6.07) is 20.7. The standard InChI is InChI=1S/C21H17ClN4O2S/c22-16-8-10-17(11-9-16)23-19(27)14-29-21-25-24-20(18-7-4-12-28-18)26(21)13-15-5-2-1-3-6-15/h1-12H,13-14H2,(H,23,27). The van der Waals surface area contributed by atoms with E-state index in [2.05, 4.69) is 15.5 Å². The maximum Gasteiger partial charge on any atom is 0.234 e. The van der Waals surface area contributed by atoms with Gasteiger partial charge in [0, 0.05) is 10.7 Å². The van der Waals surface area contributed by atoms with Gasteiger partial charge in [-0.05, 0) is 42.0 Å². The van der Waals surface area contributed by atoms with Crippen molar-refractivity contribution in [2.45, 2.75) is 11.7 Å². The van der Waals surface area contributed by atoms with Gasteiger partial charge in [-0.25, -0.2) is 0 Å². The van der Waals surface area contributed by atoms with Crippen LogP contribution in [-0.4, -0.2) is 26.4 Å². The molecule has 4 rings (SSSR count). The highest BCUT2D eigenvalue weighted by Gasteiger charge is 2.17. The Labute approximate surface area is 176 Å². The van der Waals surface area contributed by atoms with E-state index in [1.165, 1.54) is 11.8 Å². The SMILES string of the molecule is O=C(CSc1nnc(-c2ccco2)n1Cc1ccccc1)Nc1ccc(Cl)cc1.